The summed E-state index contributed by atoms with van der Waals surface area (Å²) < 4.78 is 60.7. The normalized spacial score (nSPS) is 12.2. The molecular weight excluding hydrogens is 641 g/mol. The minimum atomic E-state index is -4.90. The van der Waals surface area contributed by atoms with Crippen molar-refractivity contribution in [3.63, 3.8) is 0 Å². The van der Waals surface area contributed by atoms with E-state index in [0.717, 1.165) is 17.5 Å². The second-order valence-electron chi connectivity index (χ2n) is 11.2. The zero-order valence-corrected chi connectivity index (χ0v) is 26.6. The molecule has 252 valence electrons. The molecular formula is C37H31F3N2O7. The molecule has 6 rings (SSSR count). The van der Waals surface area contributed by atoms with Crippen molar-refractivity contribution >= 4 is 27.8 Å². The van der Waals surface area contributed by atoms with Crippen LogP contribution in [0, 0.1) is 0 Å². The maximum absolute atomic E-state index is 14.1. The number of esters is 1. The highest BCUT2D eigenvalue weighted by Crippen LogP contribution is 2.41. The van der Waals surface area contributed by atoms with Gasteiger partial charge in [0.05, 0.1) is 43.4 Å². The summed E-state index contributed by atoms with van der Waals surface area (Å²) in [5.41, 5.74) is 2.56. The zero-order chi connectivity index (χ0) is 34.9. The number of hydrogen-bond donors (Lipinski definition) is 2. The number of carbonyl (C=O) groups excluding carboxylic acids is 1. The van der Waals surface area contributed by atoms with Crippen molar-refractivity contribution in [2.45, 2.75) is 18.7 Å². The van der Waals surface area contributed by atoms with Crippen molar-refractivity contribution in [3.8, 4) is 23.0 Å². The molecule has 0 aliphatic heterocycles. The predicted molar refractivity (Wildman–Crippen MR) is 177 cm³/mol. The molecule has 0 amide bonds. The molecule has 2 N–H and O–H groups in total. The summed E-state index contributed by atoms with van der Waals surface area (Å²) in [4.78, 5) is 30.5. The lowest BCUT2D eigenvalue weighted by Gasteiger charge is -2.22. The third kappa shape index (κ3) is 6.49. The topological polar surface area (TPSA) is 112 Å². The van der Waals surface area contributed by atoms with Crippen LogP contribution in [0.25, 0.3) is 21.8 Å². The summed E-state index contributed by atoms with van der Waals surface area (Å²) in [6, 6.07) is 24.1. The van der Waals surface area contributed by atoms with Gasteiger partial charge in [-0.15, -0.1) is 13.2 Å². The van der Waals surface area contributed by atoms with Gasteiger partial charge in [0.25, 0.3) is 5.56 Å². The highest BCUT2D eigenvalue weighted by Gasteiger charge is 2.33. The van der Waals surface area contributed by atoms with Crippen LogP contribution in [0.15, 0.2) is 95.8 Å². The first-order valence-electron chi connectivity index (χ1n) is 15.2. The van der Waals surface area contributed by atoms with Gasteiger partial charge in [0.1, 0.15) is 11.5 Å². The van der Waals surface area contributed by atoms with E-state index in [1.165, 1.54) is 37.0 Å². The fourth-order valence-electron chi connectivity index (χ4n) is 6.13. The SMILES string of the molecule is COc1ccc(C(=O)OCCc2c(C(c3ccc(OC(F)(F)F)cc3)c3c(O)c4ccccc4n(C)c3=O)[nH]c3ccccc23)cc1OC. The third-order valence-electron chi connectivity index (χ3n) is 8.39. The first-order valence-corrected chi connectivity index (χ1v) is 15.2. The van der Waals surface area contributed by atoms with Crippen LogP contribution in [0.2, 0.25) is 0 Å². The van der Waals surface area contributed by atoms with Gasteiger partial charge in [0.2, 0.25) is 0 Å². The van der Waals surface area contributed by atoms with E-state index >= 15 is 0 Å². The summed E-state index contributed by atoms with van der Waals surface area (Å²) in [6.07, 6.45) is -4.70. The number of aromatic amines is 1. The standard InChI is InChI=1S/C37H31F3N2O7/c1-42-28-11-7-5-9-26(28)34(43)32(35(42)44)31(21-12-15-23(16-13-21)49-37(38,39)40)33-25(24-8-4-6-10-27(24)41-33)18-19-48-36(45)22-14-17-29(46-2)30(20-22)47-3/h4-17,20,31,41,43H,18-19H2,1-3H3. The number of H-pyrrole nitrogens is 1. The van der Waals surface area contributed by atoms with Gasteiger partial charge >= 0.3 is 12.3 Å². The van der Waals surface area contributed by atoms with Gasteiger partial charge in [-0.2, -0.15) is 0 Å². The van der Waals surface area contributed by atoms with Crippen molar-refractivity contribution in [3.05, 3.63) is 129 Å². The number of fused-ring (bicyclic) bond motifs is 2. The predicted octanol–water partition coefficient (Wildman–Crippen LogP) is 7.22. The Morgan fingerprint density at radius 2 is 1.57 bits per heavy atom. The van der Waals surface area contributed by atoms with Crippen LogP contribution in [0.1, 0.15) is 38.7 Å². The number of carbonyl (C=O) groups is 1. The Morgan fingerprint density at radius 1 is 0.898 bits per heavy atom. The van der Waals surface area contributed by atoms with Crippen LogP contribution >= 0.6 is 0 Å². The molecule has 6 aromatic rings. The molecule has 12 heteroatoms. The summed E-state index contributed by atoms with van der Waals surface area (Å²) >= 11 is 0. The second kappa shape index (κ2) is 13.3. The van der Waals surface area contributed by atoms with E-state index < -0.39 is 29.6 Å². The Bertz CT molecular complexity index is 2220. The number of methoxy groups -OCH3 is 2. The van der Waals surface area contributed by atoms with Gasteiger partial charge in [-0.05, 0) is 59.7 Å². The maximum atomic E-state index is 14.1. The second-order valence-corrected chi connectivity index (χ2v) is 11.2. The van der Waals surface area contributed by atoms with Gasteiger partial charge < -0.3 is 33.6 Å². The molecule has 1 unspecified atom stereocenters. The first-order chi connectivity index (χ1) is 23.5. The van der Waals surface area contributed by atoms with Crippen LogP contribution in [-0.4, -0.2) is 47.8 Å². The molecule has 0 aliphatic rings. The van der Waals surface area contributed by atoms with Crippen molar-refractivity contribution in [1.29, 1.82) is 0 Å². The molecule has 0 fully saturated rings. The van der Waals surface area contributed by atoms with Crippen molar-refractivity contribution in [2.24, 2.45) is 7.05 Å². The molecule has 49 heavy (non-hydrogen) atoms. The summed E-state index contributed by atoms with van der Waals surface area (Å²) in [5.74, 6) is -1.46. The van der Waals surface area contributed by atoms with E-state index in [1.807, 2.05) is 24.3 Å². The Hall–Kier alpha value is -5.91. The van der Waals surface area contributed by atoms with Gasteiger partial charge in [0, 0.05) is 35.5 Å². The minimum absolute atomic E-state index is 0.0146. The van der Waals surface area contributed by atoms with Crippen LogP contribution in [0.5, 0.6) is 23.0 Å². The van der Waals surface area contributed by atoms with E-state index in [0.29, 0.717) is 44.7 Å². The Morgan fingerprint density at radius 3 is 2.27 bits per heavy atom. The number of aromatic hydroxyl groups is 1. The van der Waals surface area contributed by atoms with Gasteiger partial charge in [0.15, 0.2) is 11.5 Å². The van der Waals surface area contributed by atoms with Crippen LogP contribution in [0.4, 0.5) is 13.2 Å². The van der Waals surface area contributed by atoms with E-state index in [2.05, 4.69) is 9.72 Å². The van der Waals surface area contributed by atoms with Crippen molar-refractivity contribution in [2.75, 3.05) is 20.8 Å². The van der Waals surface area contributed by atoms with E-state index in [4.69, 9.17) is 14.2 Å². The fourth-order valence-corrected chi connectivity index (χ4v) is 6.13. The van der Waals surface area contributed by atoms with E-state index in [-0.39, 0.29) is 29.9 Å². The summed E-state index contributed by atoms with van der Waals surface area (Å²) in [5, 5.41) is 12.9. The maximum Gasteiger partial charge on any atom is 0.573 e. The molecule has 1 atom stereocenters. The lowest BCUT2D eigenvalue weighted by Crippen LogP contribution is -2.25. The molecule has 9 nitrogen and oxygen atoms in total. The van der Waals surface area contributed by atoms with E-state index in [1.54, 1.807) is 43.4 Å². The molecule has 4 aromatic carbocycles. The lowest BCUT2D eigenvalue weighted by atomic mass is 9.85. The average molecular weight is 673 g/mol. The highest BCUT2D eigenvalue weighted by molar-refractivity contribution is 5.91. The lowest BCUT2D eigenvalue weighted by molar-refractivity contribution is -0.274. The molecule has 0 bridgehead atoms. The first kappa shape index (κ1) is 33.0. The van der Waals surface area contributed by atoms with Gasteiger partial charge in [-0.25, -0.2) is 4.79 Å². The Kier molecular flexibility index (Phi) is 8.96. The smallest absolute Gasteiger partial charge is 0.507 e. The minimum Gasteiger partial charge on any atom is -0.507 e. The van der Waals surface area contributed by atoms with Gasteiger partial charge in [-0.1, -0.05) is 42.5 Å². The Balaban J connectivity index is 1.46. The monoisotopic (exact) mass is 672 g/mol. The zero-order valence-electron chi connectivity index (χ0n) is 26.6. The number of nitrogens with zero attached hydrogens (tertiary/aromatic N) is 1. The number of aryl methyl sites for hydroxylation is 1. The van der Waals surface area contributed by atoms with Crippen molar-refractivity contribution in [1.82, 2.24) is 9.55 Å². The summed E-state index contributed by atoms with van der Waals surface area (Å²) in [7, 11) is 4.53. The number of pyridine rings is 1. The largest absolute Gasteiger partial charge is 0.573 e. The van der Waals surface area contributed by atoms with Gasteiger partial charge in [-0.3, -0.25) is 4.79 Å². The number of aromatic nitrogens is 2. The average Bonchev–Trinajstić information content (AvgIpc) is 3.46. The molecule has 0 radical (unpaired) electrons. The molecule has 0 saturated heterocycles. The Labute approximate surface area is 278 Å². The molecule has 2 heterocycles. The molecule has 0 spiro atoms. The number of hydrogen-bond acceptors (Lipinski definition) is 7. The molecule has 2 aromatic heterocycles. The van der Waals surface area contributed by atoms with E-state index in [9.17, 15) is 27.9 Å². The molecule has 0 saturated carbocycles. The number of rotatable bonds is 10. The molecule has 0 aliphatic carbocycles. The van der Waals surface area contributed by atoms with Crippen LogP contribution in [-0.2, 0) is 18.2 Å². The number of ether oxygens (including phenoxy) is 4. The van der Waals surface area contributed by atoms with Crippen molar-refractivity contribution < 1.29 is 42.0 Å². The number of halogens is 3. The third-order valence-corrected chi connectivity index (χ3v) is 8.39. The highest BCUT2D eigenvalue weighted by atomic mass is 19.4. The number of para-hydroxylation sites is 2. The number of alkyl halides is 3. The summed E-state index contributed by atoms with van der Waals surface area (Å²) in [6.45, 7) is -0.0607. The van der Waals surface area contributed by atoms with Crippen LogP contribution in [0.3, 0.4) is 0 Å². The quantitative estimate of drug-likeness (QED) is 0.148. The number of benzene rings is 4. The van der Waals surface area contributed by atoms with Crippen LogP contribution < -0.4 is 19.8 Å². The number of nitrogens with one attached hydrogen (secondary N) is 1. The fraction of sp³-hybridized carbons (Fsp3) is 0.189.